The third-order valence-corrected chi connectivity index (χ3v) is 2.96. The molecule has 0 aromatic carbocycles. The third kappa shape index (κ3) is 2.25. The van der Waals surface area contributed by atoms with Gasteiger partial charge in [-0.15, -0.1) is 0 Å². The molecule has 17 heavy (non-hydrogen) atoms. The lowest BCUT2D eigenvalue weighted by Gasteiger charge is -2.22. The lowest BCUT2D eigenvalue weighted by atomic mass is 10.3. The molecule has 0 unspecified atom stereocenters. The van der Waals surface area contributed by atoms with E-state index in [9.17, 15) is 0 Å². The largest absolute Gasteiger partial charge is 0.467 e. The fourth-order valence-corrected chi connectivity index (χ4v) is 1.92. The summed E-state index contributed by atoms with van der Waals surface area (Å²) in [5.41, 5.74) is 6.35. The summed E-state index contributed by atoms with van der Waals surface area (Å²) in [6, 6.07) is 8.36. The van der Waals surface area contributed by atoms with Crippen LogP contribution in [0.2, 0.25) is 0 Å². The quantitative estimate of drug-likeness (QED) is 0.874. The van der Waals surface area contributed by atoms with E-state index in [0.717, 1.165) is 18.1 Å². The highest BCUT2D eigenvalue weighted by Gasteiger charge is 2.30. The molecule has 2 aromatic heterocycles. The normalized spacial score (nSPS) is 14.8. The van der Waals surface area contributed by atoms with Gasteiger partial charge in [-0.05, 0) is 37.1 Å². The molecule has 88 valence electrons. The van der Waals surface area contributed by atoms with Crippen LogP contribution < -0.4 is 10.6 Å². The molecule has 0 atom stereocenters. The van der Waals surface area contributed by atoms with E-state index in [0.29, 0.717) is 11.7 Å². The molecule has 4 nitrogen and oxygen atoms in total. The molecule has 1 aliphatic carbocycles. The second kappa shape index (κ2) is 4.13. The second-order valence-corrected chi connectivity index (χ2v) is 4.39. The highest BCUT2D eigenvalue weighted by atomic mass is 16.3. The van der Waals surface area contributed by atoms with E-state index in [1.165, 1.54) is 12.8 Å². The number of hydrogen-bond acceptors (Lipinski definition) is 4. The molecule has 0 aliphatic heterocycles. The van der Waals surface area contributed by atoms with Gasteiger partial charge in [-0.1, -0.05) is 0 Å². The zero-order valence-electron chi connectivity index (χ0n) is 9.54. The molecule has 1 aliphatic rings. The minimum absolute atomic E-state index is 0.594. The number of anilines is 2. The van der Waals surface area contributed by atoms with Crippen molar-refractivity contribution in [2.24, 2.45) is 0 Å². The second-order valence-electron chi connectivity index (χ2n) is 4.39. The Bertz CT molecular complexity index is 474. The van der Waals surface area contributed by atoms with Gasteiger partial charge in [0.2, 0.25) is 0 Å². The summed E-state index contributed by atoms with van der Waals surface area (Å²) in [4.78, 5) is 6.66. The number of hydrogen-bond donors (Lipinski definition) is 1. The van der Waals surface area contributed by atoms with Crippen LogP contribution in [0, 0.1) is 0 Å². The van der Waals surface area contributed by atoms with Crippen molar-refractivity contribution in [2.75, 3.05) is 10.6 Å². The van der Waals surface area contributed by atoms with Gasteiger partial charge in [-0.2, -0.15) is 0 Å². The summed E-state index contributed by atoms with van der Waals surface area (Å²) < 4.78 is 5.39. The maximum Gasteiger partial charge on any atom is 0.129 e. The van der Waals surface area contributed by atoms with E-state index >= 15 is 0 Å². The smallest absolute Gasteiger partial charge is 0.129 e. The first-order valence-corrected chi connectivity index (χ1v) is 5.83. The Morgan fingerprint density at radius 2 is 2.24 bits per heavy atom. The Hall–Kier alpha value is -1.97. The van der Waals surface area contributed by atoms with Gasteiger partial charge >= 0.3 is 0 Å². The van der Waals surface area contributed by atoms with Crippen molar-refractivity contribution in [3.8, 4) is 0 Å². The van der Waals surface area contributed by atoms with Crippen molar-refractivity contribution in [3.05, 3.63) is 42.5 Å². The van der Waals surface area contributed by atoms with Gasteiger partial charge in [-0.25, -0.2) is 4.98 Å². The molecule has 2 N–H and O–H groups in total. The van der Waals surface area contributed by atoms with Crippen LogP contribution in [0.15, 0.2) is 41.1 Å². The Morgan fingerprint density at radius 1 is 1.35 bits per heavy atom. The van der Waals surface area contributed by atoms with Crippen LogP contribution in [0.1, 0.15) is 18.6 Å². The lowest BCUT2D eigenvalue weighted by Crippen LogP contribution is -2.25. The molecule has 2 aromatic rings. The Kier molecular flexibility index (Phi) is 2.48. The number of aromatic nitrogens is 1. The van der Waals surface area contributed by atoms with E-state index in [4.69, 9.17) is 10.2 Å². The predicted octanol–water partition coefficient (Wildman–Crippen LogP) is 2.43. The average molecular weight is 229 g/mol. The fraction of sp³-hybridized carbons (Fsp3) is 0.308. The third-order valence-electron chi connectivity index (χ3n) is 2.96. The van der Waals surface area contributed by atoms with Crippen molar-refractivity contribution in [3.63, 3.8) is 0 Å². The molecule has 0 spiro atoms. The number of pyridine rings is 1. The van der Waals surface area contributed by atoms with Crippen LogP contribution in [0.3, 0.4) is 0 Å². The topological polar surface area (TPSA) is 55.3 Å². The van der Waals surface area contributed by atoms with Crippen LogP contribution >= 0.6 is 0 Å². The van der Waals surface area contributed by atoms with Gasteiger partial charge in [0.05, 0.1) is 24.7 Å². The molecule has 0 bridgehead atoms. The van der Waals surface area contributed by atoms with E-state index in [1.54, 1.807) is 12.5 Å². The molecule has 1 fully saturated rings. The standard InChI is InChI=1S/C13H15N3O/c14-10-3-6-13(15-8-10)16(11-4-5-11)9-12-2-1-7-17-12/h1-3,6-8,11H,4-5,9,14H2. The molecule has 2 heterocycles. The maximum atomic E-state index is 5.66. The molecule has 0 amide bonds. The van der Waals surface area contributed by atoms with E-state index < -0.39 is 0 Å². The van der Waals surface area contributed by atoms with Crippen LogP contribution in [0.5, 0.6) is 0 Å². The van der Waals surface area contributed by atoms with Crippen molar-refractivity contribution in [1.82, 2.24) is 4.98 Å². The van der Waals surface area contributed by atoms with Gasteiger partial charge in [0.1, 0.15) is 11.6 Å². The van der Waals surface area contributed by atoms with Crippen molar-refractivity contribution in [1.29, 1.82) is 0 Å². The number of nitrogens with zero attached hydrogens (tertiary/aromatic N) is 2. The fourth-order valence-electron chi connectivity index (χ4n) is 1.92. The molecule has 4 heteroatoms. The summed E-state index contributed by atoms with van der Waals surface area (Å²) in [7, 11) is 0. The first-order chi connectivity index (χ1) is 8.33. The van der Waals surface area contributed by atoms with E-state index in [-0.39, 0.29) is 0 Å². The van der Waals surface area contributed by atoms with E-state index in [1.807, 2.05) is 24.3 Å². The molecule has 0 radical (unpaired) electrons. The summed E-state index contributed by atoms with van der Waals surface area (Å²) in [6.45, 7) is 0.772. The summed E-state index contributed by atoms with van der Waals surface area (Å²) in [5, 5.41) is 0. The van der Waals surface area contributed by atoms with Gasteiger partial charge in [0.15, 0.2) is 0 Å². The van der Waals surface area contributed by atoms with Crippen LogP contribution in [0.4, 0.5) is 11.5 Å². The number of furan rings is 1. The van der Waals surface area contributed by atoms with Gasteiger partial charge in [0.25, 0.3) is 0 Å². The number of rotatable bonds is 4. The van der Waals surface area contributed by atoms with Crippen LogP contribution in [-0.4, -0.2) is 11.0 Å². The van der Waals surface area contributed by atoms with Gasteiger partial charge in [0, 0.05) is 6.04 Å². The van der Waals surface area contributed by atoms with Crippen molar-refractivity contribution >= 4 is 11.5 Å². The highest BCUT2D eigenvalue weighted by Crippen LogP contribution is 2.32. The maximum absolute atomic E-state index is 5.66. The Morgan fingerprint density at radius 3 is 2.82 bits per heavy atom. The summed E-state index contributed by atoms with van der Waals surface area (Å²) in [6.07, 6.45) is 5.86. The average Bonchev–Trinajstić information content (AvgIpc) is 3.05. The first kappa shape index (κ1) is 10.2. The zero-order valence-corrected chi connectivity index (χ0v) is 9.54. The minimum atomic E-state index is 0.594. The number of nitrogen functional groups attached to an aromatic ring is 1. The van der Waals surface area contributed by atoms with Gasteiger partial charge in [-0.3, -0.25) is 0 Å². The molecular weight excluding hydrogens is 214 g/mol. The molecule has 1 saturated carbocycles. The minimum Gasteiger partial charge on any atom is -0.467 e. The molecule has 3 rings (SSSR count). The van der Waals surface area contributed by atoms with Crippen LogP contribution in [-0.2, 0) is 6.54 Å². The predicted molar refractivity (Wildman–Crippen MR) is 66.6 cm³/mol. The first-order valence-electron chi connectivity index (χ1n) is 5.83. The zero-order chi connectivity index (χ0) is 11.7. The summed E-state index contributed by atoms with van der Waals surface area (Å²) in [5.74, 6) is 1.94. The lowest BCUT2D eigenvalue weighted by molar-refractivity contribution is 0.500. The Balaban J connectivity index is 1.82. The van der Waals surface area contributed by atoms with E-state index in [2.05, 4.69) is 9.88 Å². The Labute approximate surface area is 100 Å². The van der Waals surface area contributed by atoms with Crippen molar-refractivity contribution in [2.45, 2.75) is 25.4 Å². The monoisotopic (exact) mass is 229 g/mol. The highest BCUT2D eigenvalue weighted by molar-refractivity contribution is 5.47. The van der Waals surface area contributed by atoms with Crippen molar-refractivity contribution < 1.29 is 4.42 Å². The number of nitrogens with two attached hydrogens (primary N) is 1. The molecular formula is C13H15N3O. The SMILES string of the molecule is Nc1ccc(N(Cc2ccco2)C2CC2)nc1. The molecule has 0 saturated heterocycles. The summed E-state index contributed by atoms with van der Waals surface area (Å²) >= 11 is 0. The van der Waals surface area contributed by atoms with Crippen LogP contribution in [0.25, 0.3) is 0 Å². The van der Waals surface area contributed by atoms with Gasteiger partial charge < -0.3 is 15.1 Å².